The molecular weight excluding hydrogens is 309 g/mol. The average Bonchev–Trinajstić information content (AvgIpc) is 2.11. The van der Waals surface area contributed by atoms with Crippen molar-refractivity contribution >= 4 is 40.5 Å². The third-order valence-corrected chi connectivity index (χ3v) is 2.78. The van der Waals surface area contributed by atoms with Crippen LogP contribution in [-0.2, 0) is 11.2 Å². The summed E-state index contributed by atoms with van der Waals surface area (Å²) in [5.74, 6) is -0.871. The molecule has 1 rings (SSSR count). The molecule has 70 valence electrons. The summed E-state index contributed by atoms with van der Waals surface area (Å²) in [6.07, 6.45) is 0.654. The van der Waals surface area contributed by atoms with Crippen LogP contribution in [0.1, 0.15) is 5.56 Å². The number of benzene rings is 1. The maximum Gasteiger partial charge on any atom is 0.158 e. The van der Waals surface area contributed by atoms with Gasteiger partial charge in [0.15, 0.2) is 5.82 Å². The summed E-state index contributed by atoms with van der Waals surface area (Å²) in [6.45, 7) is 0. The summed E-state index contributed by atoms with van der Waals surface area (Å²) in [5, 5.41) is 9.28. The molecule has 0 heterocycles. The maximum atomic E-state index is 13.0. The molecule has 0 saturated carbocycles. The van der Waals surface area contributed by atoms with E-state index in [1.807, 2.05) is 0 Å². The third kappa shape index (κ3) is 2.11. The first-order valence-corrected chi connectivity index (χ1v) is 4.82. The van der Waals surface area contributed by atoms with E-state index in [1.54, 1.807) is 22.6 Å². The van der Waals surface area contributed by atoms with Gasteiger partial charge in [-0.15, -0.1) is 0 Å². The zero-order valence-electron chi connectivity index (χ0n) is 6.35. The molecule has 0 saturated heterocycles. The van der Waals surface area contributed by atoms with Crippen LogP contribution in [0.3, 0.4) is 0 Å². The van der Waals surface area contributed by atoms with E-state index in [9.17, 15) is 14.3 Å². The minimum atomic E-state index is -0.658. The van der Waals surface area contributed by atoms with Gasteiger partial charge in [0, 0.05) is 12.0 Å². The Bertz CT molecular complexity index is 354. The minimum absolute atomic E-state index is 0.0296. The van der Waals surface area contributed by atoms with Crippen LogP contribution in [0.25, 0.3) is 0 Å². The van der Waals surface area contributed by atoms with Crippen molar-refractivity contribution in [2.75, 3.05) is 0 Å². The molecule has 0 spiro atoms. The summed E-state index contributed by atoms with van der Waals surface area (Å²) in [5.41, 5.74) is 0.339. The SMILES string of the molecule is O=CCc1cc(Cl)c(F)c(I)c1O. The first-order chi connectivity index (χ1) is 6.07. The highest BCUT2D eigenvalue weighted by atomic mass is 127. The number of aldehydes is 1. The third-order valence-electron chi connectivity index (χ3n) is 1.52. The van der Waals surface area contributed by atoms with Crippen LogP contribution in [0.2, 0.25) is 5.02 Å². The lowest BCUT2D eigenvalue weighted by atomic mass is 10.1. The summed E-state index contributed by atoms with van der Waals surface area (Å²) < 4.78 is 13.1. The fourth-order valence-corrected chi connectivity index (χ4v) is 1.90. The van der Waals surface area contributed by atoms with E-state index in [0.717, 1.165) is 0 Å². The summed E-state index contributed by atoms with van der Waals surface area (Å²) in [7, 11) is 0. The van der Waals surface area contributed by atoms with E-state index in [4.69, 9.17) is 11.6 Å². The number of phenolic OH excluding ortho intramolecular Hbond substituents is 1. The van der Waals surface area contributed by atoms with Crippen LogP contribution in [-0.4, -0.2) is 11.4 Å². The highest BCUT2D eigenvalue weighted by Crippen LogP contribution is 2.31. The first kappa shape index (κ1) is 10.7. The lowest BCUT2D eigenvalue weighted by Gasteiger charge is -2.05. The van der Waals surface area contributed by atoms with Crippen LogP contribution < -0.4 is 0 Å². The van der Waals surface area contributed by atoms with E-state index in [-0.39, 0.29) is 20.8 Å². The highest BCUT2D eigenvalue weighted by molar-refractivity contribution is 14.1. The molecule has 0 aliphatic rings. The molecule has 0 amide bonds. The van der Waals surface area contributed by atoms with E-state index in [2.05, 4.69) is 0 Å². The summed E-state index contributed by atoms with van der Waals surface area (Å²) in [4.78, 5) is 10.2. The Labute approximate surface area is 92.8 Å². The van der Waals surface area contributed by atoms with Crippen molar-refractivity contribution in [2.45, 2.75) is 6.42 Å². The van der Waals surface area contributed by atoms with Crippen LogP contribution in [0.5, 0.6) is 5.75 Å². The van der Waals surface area contributed by atoms with Crippen molar-refractivity contribution in [3.05, 3.63) is 26.0 Å². The van der Waals surface area contributed by atoms with Gasteiger partial charge in [-0.2, -0.15) is 0 Å². The first-order valence-electron chi connectivity index (χ1n) is 3.37. The predicted octanol–water partition coefficient (Wildman–Crippen LogP) is 2.53. The standard InChI is InChI=1S/C8H5ClFIO2/c9-5-3-4(1-2-12)8(13)7(11)6(5)10/h2-3,13H,1H2. The van der Waals surface area contributed by atoms with E-state index in [0.29, 0.717) is 11.8 Å². The topological polar surface area (TPSA) is 37.3 Å². The number of carbonyl (C=O) groups is 1. The molecule has 0 aliphatic carbocycles. The van der Waals surface area contributed by atoms with Gasteiger partial charge in [-0.3, -0.25) is 0 Å². The molecular formula is C8H5ClFIO2. The fraction of sp³-hybridized carbons (Fsp3) is 0.125. The second-order valence-corrected chi connectivity index (χ2v) is 3.85. The number of aromatic hydroxyl groups is 1. The van der Waals surface area contributed by atoms with Gasteiger partial charge < -0.3 is 9.90 Å². The number of halogens is 3. The smallest absolute Gasteiger partial charge is 0.158 e. The van der Waals surface area contributed by atoms with Crippen LogP contribution in [0.15, 0.2) is 6.07 Å². The quantitative estimate of drug-likeness (QED) is 0.517. The number of hydrogen-bond donors (Lipinski definition) is 1. The Hall–Kier alpha value is -0.360. The molecule has 1 aromatic rings. The molecule has 0 atom stereocenters. The van der Waals surface area contributed by atoms with Crippen molar-refractivity contribution in [1.29, 1.82) is 0 Å². The number of rotatable bonds is 2. The van der Waals surface area contributed by atoms with Crippen molar-refractivity contribution < 1.29 is 14.3 Å². The molecule has 0 aliphatic heterocycles. The predicted molar refractivity (Wildman–Crippen MR) is 55.6 cm³/mol. The van der Waals surface area contributed by atoms with Crippen molar-refractivity contribution in [3.8, 4) is 5.75 Å². The van der Waals surface area contributed by atoms with Crippen LogP contribution in [0.4, 0.5) is 4.39 Å². The Morgan fingerprint density at radius 1 is 1.69 bits per heavy atom. The van der Waals surface area contributed by atoms with Gasteiger partial charge in [-0.1, -0.05) is 11.6 Å². The largest absolute Gasteiger partial charge is 0.506 e. The minimum Gasteiger partial charge on any atom is -0.506 e. The van der Waals surface area contributed by atoms with Gasteiger partial charge in [0.1, 0.15) is 12.0 Å². The second kappa shape index (κ2) is 4.23. The van der Waals surface area contributed by atoms with Crippen LogP contribution in [0, 0.1) is 9.39 Å². The second-order valence-electron chi connectivity index (χ2n) is 2.36. The van der Waals surface area contributed by atoms with Gasteiger partial charge in [-0.25, -0.2) is 4.39 Å². The molecule has 0 radical (unpaired) electrons. The van der Waals surface area contributed by atoms with Crippen LogP contribution >= 0.6 is 34.2 Å². The zero-order valence-corrected chi connectivity index (χ0v) is 9.26. The van der Waals surface area contributed by atoms with E-state index >= 15 is 0 Å². The highest BCUT2D eigenvalue weighted by Gasteiger charge is 2.13. The molecule has 5 heteroatoms. The maximum absolute atomic E-state index is 13.0. The van der Waals surface area contributed by atoms with Crippen molar-refractivity contribution in [3.63, 3.8) is 0 Å². The lowest BCUT2D eigenvalue weighted by Crippen LogP contribution is -1.93. The molecule has 13 heavy (non-hydrogen) atoms. The van der Waals surface area contributed by atoms with Gasteiger partial charge in [-0.05, 0) is 28.7 Å². The average molecular weight is 314 g/mol. The summed E-state index contributed by atoms with van der Waals surface area (Å²) in [6, 6.07) is 1.25. The van der Waals surface area contributed by atoms with Crippen molar-refractivity contribution in [2.24, 2.45) is 0 Å². The number of hydrogen-bond acceptors (Lipinski definition) is 2. The molecule has 0 bridgehead atoms. The monoisotopic (exact) mass is 314 g/mol. The van der Waals surface area contributed by atoms with Gasteiger partial charge >= 0.3 is 0 Å². The molecule has 0 fully saturated rings. The molecule has 0 unspecified atom stereocenters. The number of phenols is 1. The normalized spacial score (nSPS) is 10.1. The molecule has 0 aromatic heterocycles. The fourth-order valence-electron chi connectivity index (χ4n) is 0.880. The molecule has 1 N–H and O–H groups in total. The Balaban J connectivity index is 3.31. The van der Waals surface area contributed by atoms with Gasteiger partial charge in [0.25, 0.3) is 0 Å². The molecule has 1 aromatic carbocycles. The Morgan fingerprint density at radius 2 is 2.31 bits per heavy atom. The Kier molecular flexibility index (Phi) is 3.49. The molecule has 2 nitrogen and oxygen atoms in total. The van der Waals surface area contributed by atoms with Gasteiger partial charge in [0.05, 0.1) is 8.59 Å². The van der Waals surface area contributed by atoms with Crippen molar-refractivity contribution in [1.82, 2.24) is 0 Å². The zero-order chi connectivity index (χ0) is 10.0. The lowest BCUT2D eigenvalue weighted by molar-refractivity contribution is -0.107. The number of carbonyl (C=O) groups excluding carboxylic acids is 1. The Morgan fingerprint density at radius 3 is 2.85 bits per heavy atom. The van der Waals surface area contributed by atoms with E-state index < -0.39 is 5.82 Å². The van der Waals surface area contributed by atoms with Gasteiger partial charge in [0.2, 0.25) is 0 Å². The summed E-state index contributed by atoms with van der Waals surface area (Å²) >= 11 is 7.15. The van der Waals surface area contributed by atoms with E-state index in [1.165, 1.54) is 6.07 Å².